The Morgan fingerprint density at radius 2 is 1.79 bits per heavy atom. The standard InChI is InChI=1S/C25H25BrN6O2/c1-30-11-13-31(14-12-30)19-8-6-18(7-9-19)28-25-27-15-17-5-10-23(34)32(24(17)29-25)16-20-21(26)3-2-4-22(20)33/h2-10,15,33H,11-14,16H2,1H3,(H,27,28,29). The van der Waals surface area contributed by atoms with Crippen LogP contribution in [0.5, 0.6) is 5.75 Å². The van der Waals surface area contributed by atoms with E-state index in [0.717, 1.165) is 41.7 Å². The lowest BCUT2D eigenvalue weighted by Crippen LogP contribution is -2.44. The van der Waals surface area contributed by atoms with Crippen LogP contribution in [-0.2, 0) is 6.54 Å². The Kier molecular flexibility index (Phi) is 6.21. The van der Waals surface area contributed by atoms with Crippen molar-refractivity contribution in [1.82, 2.24) is 19.4 Å². The molecule has 0 aliphatic carbocycles. The molecule has 2 aromatic carbocycles. The number of hydrogen-bond acceptors (Lipinski definition) is 7. The first-order chi connectivity index (χ1) is 16.5. The number of nitrogens with zero attached hydrogens (tertiary/aromatic N) is 5. The molecule has 1 aliphatic heterocycles. The number of anilines is 3. The molecule has 1 fully saturated rings. The van der Waals surface area contributed by atoms with Crippen LogP contribution >= 0.6 is 15.9 Å². The van der Waals surface area contributed by atoms with Gasteiger partial charge in [-0.15, -0.1) is 0 Å². The predicted molar refractivity (Wildman–Crippen MR) is 138 cm³/mol. The zero-order valence-corrected chi connectivity index (χ0v) is 20.4. The van der Waals surface area contributed by atoms with Crippen molar-refractivity contribution < 1.29 is 5.11 Å². The maximum Gasteiger partial charge on any atom is 0.252 e. The molecule has 9 heteroatoms. The van der Waals surface area contributed by atoms with Gasteiger partial charge in [0.15, 0.2) is 0 Å². The molecule has 2 N–H and O–H groups in total. The number of benzene rings is 2. The van der Waals surface area contributed by atoms with Crippen molar-refractivity contribution in [2.45, 2.75) is 6.54 Å². The highest BCUT2D eigenvalue weighted by Crippen LogP contribution is 2.27. The topological polar surface area (TPSA) is 86.5 Å². The zero-order valence-electron chi connectivity index (χ0n) is 18.8. The Balaban J connectivity index is 1.41. The van der Waals surface area contributed by atoms with E-state index in [2.05, 4.69) is 60.2 Å². The third-order valence-electron chi connectivity index (χ3n) is 6.13. The van der Waals surface area contributed by atoms with E-state index < -0.39 is 0 Å². The maximum atomic E-state index is 12.7. The van der Waals surface area contributed by atoms with Gasteiger partial charge in [-0.3, -0.25) is 9.36 Å². The summed E-state index contributed by atoms with van der Waals surface area (Å²) in [5, 5.41) is 14.3. The molecule has 5 rings (SSSR count). The molecule has 1 aliphatic rings. The molecular formula is C25H25BrN6O2. The van der Waals surface area contributed by atoms with Crippen molar-refractivity contribution in [1.29, 1.82) is 0 Å². The minimum absolute atomic E-state index is 0.117. The van der Waals surface area contributed by atoms with Crippen molar-refractivity contribution in [2.75, 3.05) is 43.4 Å². The largest absolute Gasteiger partial charge is 0.508 e. The van der Waals surface area contributed by atoms with Gasteiger partial charge in [-0.1, -0.05) is 22.0 Å². The first-order valence-electron chi connectivity index (χ1n) is 11.1. The summed E-state index contributed by atoms with van der Waals surface area (Å²) in [5.74, 6) is 0.515. The molecule has 1 saturated heterocycles. The summed E-state index contributed by atoms with van der Waals surface area (Å²) in [6.45, 7) is 4.33. The van der Waals surface area contributed by atoms with Crippen LogP contribution in [0.2, 0.25) is 0 Å². The predicted octanol–water partition coefficient (Wildman–Crippen LogP) is 3.80. The van der Waals surface area contributed by atoms with Crippen LogP contribution in [0.15, 0.2) is 70.1 Å². The number of phenols is 1. The second-order valence-electron chi connectivity index (χ2n) is 8.43. The summed E-state index contributed by atoms with van der Waals surface area (Å²) >= 11 is 3.46. The third kappa shape index (κ3) is 4.62. The van der Waals surface area contributed by atoms with Crippen LogP contribution in [0.25, 0.3) is 11.0 Å². The smallest absolute Gasteiger partial charge is 0.252 e. The van der Waals surface area contributed by atoms with E-state index in [9.17, 15) is 9.90 Å². The molecule has 0 atom stereocenters. The van der Waals surface area contributed by atoms with Crippen molar-refractivity contribution in [3.63, 3.8) is 0 Å². The second kappa shape index (κ2) is 9.44. The minimum Gasteiger partial charge on any atom is -0.508 e. The number of aromatic hydroxyl groups is 1. The van der Waals surface area contributed by atoms with Gasteiger partial charge in [-0.05, 0) is 49.5 Å². The highest BCUT2D eigenvalue weighted by molar-refractivity contribution is 9.10. The van der Waals surface area contributed by atoms with Gasteiger partial charge < -0.3 is 20.2 Å². The van der Waals surface area contributed by atoms with Gasteiger partial charge in [0, 0.05) is 65.2 Å². The van der Waals surface area contributed by atoms with Gasteiger partial charge in [-0.2, -0.15) is 4.98 Å². The summed E-state index contributed by atoms with van der Waals surface area (Å²) in [4.78, 5) is 26.5. The fraction of sp³-hybridized carbons (Fsp3) is 0.240. The summed E-state index contributed by atoms with van der Waals surface area (Å²) < 4.78 is 2.27. The number of piperazine rings is 1. The van der Waals surface area contributed by atoms with E-state index >= 15 is 0 Å². The average molecular weight is 521 g/mol. The van der Waals surface area contributed by atoms with Crippen molar-refractivity contribution in [3.05, 3.63) is 81.2 Å². The highest BCUT2D eigenvalue weighted by Gasteiger charge is 2.15. The first kappa shape index (κ1) is 22.4. The number of nitrogens with one attached hydrogen (secondary N) is 1. The van der Waals surface area contributed by atoms with Crippen molar-refractivity contribution in [3.8, 4) is 5.75 Å². The average Bonchev–Trinajstić information content (AvgIpc) is 2.84. The Hall–Kier alpha value is -3.43. The van der Waals surface area contributed by atoms with Gasteiger partial charge in [0.05, 0.1) is 6.54 Å². The lowest BCUT2D eigenvalue weighted by atomic mass is 10.2. The third-order valence-corrected chi connectivity index (χ3v) is 6.87. The molecule has 2 aromatic heterocycles. The SMILES string of the molecule is CN1CCN(c2ccc(Nc3ncc4ccc(=O)n(Cc5c(O)cccc5Br)c4n3)cc2)CC1. The quantitative estimate of drug-likeness (QED) is 0.413. The zero-order chi connectivity index (χ0) is 23.7. The van der Waals surface area contributed by atoms with Gasteiger partial charge in [0.25, 0.3) is 5.56 Å². The molecule has 0 saturated carbocycles. The number of fused-ring (bicyclic) bond motifs is 1. The fourth-order valence-corrected chi connectivity index (χ4v) is 4.58. The summed E-state index contributed by atoms with van der Waals surface area (Å²) in [6, 6.07) is 16.6. The Bertz CT molecular complexity index is 1360. The van der Waals surface area contributed by atoms with Crippen LogP contribution in [-0.4, -0.2) is 57.8 Å². The van der Waals surface area contributed by atoms with Crippen LogP contribution in [0.4, 0.5) is 17.3 Å². The molecule has 8 nitrogen and oxygen atoms in total. The second-order valence-corrected chi connectivity index (χ2v) is 9.28. The van der Waals surface area contributed by atoms with Gasteiger partial charge >= 0.3 is 0 Å². The van der Waals surface area contributed by atoms with E-state index in [1.807, 2.05) is 18.2 Å². The molecule has 0 radical (unpaired) electrons. The molecule has 174 valence electrons. The van der Waals surface area contributed by atoms with E-state index in [0.29, 0.717) is 17.2 Å². The summed E-state index contributed by atoms with van der Waals surface area (Å²) in [7, 11) is 2.15. The number of aromatic nitrogens is 3. The molecule has 4 aromatic rings. The molecular weight excluding hydrogens is 496 g/mol. The molecule has 0 spiro atoms. The maximum absolute atomic E-state index is 12.7. The van der Waals surface area contributed by atoms with Crippen LogP contribution in [0.1, 0.15) is 5.56 Å². The molecule has 0 bridgehead atoms. The Morgan fingerprint density at radius 3 is 2.53 bits per heavy atom. The molecule has 0 amide bonds. The van der Waals surface area contributed by atoms with E-state index in [-0.39, 0.29) is 17.9 Å². The molecule has 34 heavy (non-hydrogen) atoms. The highest BCUT2D eigenvalue weighted by atomic mass is 79.9. The number of halogens is 1. The molecule has 0 unspecified atom stereocenters. The Labute approximate surface area is 205 Å². The normalized spacial score (nSPS) is 14.5. The van der Waals surface area contributed by atoms with Crippen LogP contribution < -0.4 is 15.8 Å². The minimum atomic E-state index is -0.205. The Morgan fingerprint density at radius 1 is 1.03 bits per heavy atom. The summed E-state index contributed by atoms with van der Waals surface area (Å²) in [6.07, 6.45) is 1.69. The molecule has 3 heterocycles. The lowest BCUT2D eigenvalue weighted by Gasteiger charge is -2.34. The van der Waals surface area contributed by atoms with Crippen molar-refractivity contribution in [2.24, 2.45) is 0 Å². The number of hydrogen-bond donors (Lipinski definition) is 2. The number of rotatable bonds is 5. The summed E-state index contributed by atoms with van der Waals surface area (Å²) in [5.41, 5.74) is 2.97. The van der Waals surface area contributed by atoms with Crippen molar-refractivity contribution >= 4 is 44.3 Å². The van der Waals surface area contributed by atoms with Gasteiger partial charge in [0.1, 0.15) is 11.4 Å². The van der Waals surface area contributed by atoms with Gasteiger partial charge in [-0.25, -0.2) is 4.98 Å². The van der Waals surface area contributed by atoms with E-state index in [4.69, 9.17) is 0 Å². The van der Waals surface area contributed by atoms with E-state index in [1.165, 1.54) is 11.8 Å². The lowest BCUT2D eigenvalue weighted by molar-refractivity contribution is 0.313. The monoisotopic (exact) mass is 520 g/mol. The number of likely N-dealkylation sites (N-methyl/N-ethyl adjacent to an activating group) is 1. The van der Waals surface area contributed by atoms with Gasteiger partial charge in [0.2, 0.25) is 5.95 Å². The van der Waals surface area contributed by atoms with E-state index in [1.54, 1.807) is 29.0 Å². The van der Waals surface area contributed by atoms with Crippen LogP contribution in [0.3, 0.4) is 0 Å². The fourth-order valence-electron chi connectivity index (χ4n) is 4.10. The first-order valence-corrected chi connectivity index (χ1v) is 11.9. The van der Waals surface area contributed by atoms with Crippen LogP contribution in [0, 0.1) is 0 Å². The number of phenolic OH excluding ortho intramolecular Hbond substituents is 1. The number of pyridine rings is 1.